The number of carbonyl (C=O) groups excluding carboxylic acids is 3. The molecule has 8 nitrogen and oxygen atoms in total. The van der Waals surface area contributed by atoms with Gasteiger partial charge < -0.3 is 24.4 Å². The lowest BCUT2D eigenvalue weighted by molar-refractivity contribution is -0.139. The Balaban J connectivity index is 1.43. The van der Waals surface area contributed by atoms with E-state index in [0.717, 1.165) is 19.4 Å². The summed E-state index contributed by atoms with van der Waals surface area (Å²) in [4.78, 5) is 39.9. The fraction of sp³-hybridized carbons (Fsp3) is 0.609. The van der Waals surface area contributed by atoms with Crippen LogP contribution in [0.25, 0.3) is 0 Å². The Morgan fingerprint density at radius 2 is 2.19 bits per heavy atom. The van der Waals surface area contributed by atoms with Crippen LogP contribution in [0.4, 0.5) is 0 Å². The number of hydrogen-bond acceptors (Lipinski definition) is 6. The van der Waals surface area contributed by atoms with Crippen molar-refractivity contribution >= 4 is 17.6 Å². The van der Waals surface area contributed by atoms with Gasteiger partial charge in [-0.1, -0.05) is 0 Å². The average molecular weight is 431 g/mol. The standard InChI is InChI=1S/C23H30N2O6/c1-15(22(28)24-14-17-4-3-11-30-17)25-10-9-23(8-7-21(25)27)13-19(26)18-6-5-16(29-2)12-20(18)31-23/h5-6,12,15,17H,3-4,7-11,13-14H2,1-2H3,(H,24,28). The smallest absolute Gasteiger partial charge is 0.242 e. The van der Waals surface area contributed by atoms with E-state index in [-0.39, 0.29) is 36.5 Å². The van der Waals surface area contributed by atoms with Gasteiger partial charge in [0.05, 0.1) is 25.2 Å². The third-order valence-corrected chi connectivity index (χ3v) is 6.60. The lowest BCUT2D eigenvalue weighted by Gasteiger charge is -2.37. The molecule has 0 radical (unpaired) electrons. The van der Waals surface area contributed by atoms with Gasteiger partial charge in [0.15, 0.2) is 5.78 Å². The van der Waals surface area contributed by atoms with Crippen LogP contribution in [0.3, 0.4) is 0 Å². The topological polar surface area (TPSA) is 94.2 Å². The molecule has 1 aromatic carbocycles. The average Bonchev–Trinajstić information content (AvgIpc) is 3.24. The number of likely N-dealkylation sites (tertiary alicyclic amines) is 1. The maximum Gasteiger partial charge on any atom is 0.242 e. The molecule has 2 fully saturated rings. The minimum Gasteiger partial charge on any atom is -0.497 e. The van der Waals surface area contributed by atoms with E-state index in [9.17, 15) is 14.4 Å². The zero-order valence-electron chi connectivity index (χ0n) is 18.1. The minimum atomic E-state index is -0.741. The number of fused-ring (bicyclic) bond motifs is 1. The highest BCUT2D eigenvalue weighted by atomic mass is 16.5. The predicted molar refractivity (Wildman–Crippen MR) is 112 cm³/mol. The summed E-state index contributed by atoms with van der Waals surface area (Å²) >= 11 is 0. The van der Waals surface area contributed by atoms with Gasteiger partial charge in [0.1, 0.15) is 23.1 Å². The Morgan fingerprint density at radius 3 is 2.94 bits per heavy atom. The molecule has 0 aliphatic carbocycles. The molecule has 2 amide bonds. The quantitative estimate of drug-likeness (QED) is 0.769. The second kappa shape index (κ2) is 8.86. The summed E-state index contributed by atoms with van der Waals surface area (Å²) in [7, 11) is 1.57. The van der Waals surface area contributed by atoms with Crippen LogP contribution in [0.1, 0.15) is 55.8 Å². The largest absolute Gasteiger partial charge is 0.497 e. The Hall–Kier alpha value is -2.61. The molecule has 168 valence electrons. The zero-order chi connectivity index (χ0) is 22.0. The highest BCUT2D eigenvalue weighted by molar-refractivity contribution is 6.00. The summed E-state index contributed by atoms with van der Waals surface area (Å²) in [5.41, 5.74) is -0.199. The Labute approximate surface area is 182 Å². The number of nitrogens with zero attached hydrogens (tertiary/aromatic N) is 1. The number of hydrogen-bond donors (Lipinski definition) is 1. The van der Waals surface area contributed by atoms with Crippen LogP contribution < -0.4 is 14.8 Å². The summed E-state index contributed by atoms with van der Waals surface area (Å²) in [6.45, 7) is 3.30. The lowest BCUT2D eigenvalue weighted by Crippen LogP contribution is -2.49. The van der Waals surface area contributed by atoms with E-state index in [1.807, 2.05) is 0 Å². The first-order valence-electron chi connectivity index (χ1n) is 11.0. The summed E-state index contributed by atoms with van der Waals surface area (Å²) in [5, 5.41) is 2.91. The summed E-state index contributed by atoms with van der Waals surface area (Å²) < 4.78 is 17.1. The highest BCUT2D eigenvalue weighted by Gasteiger charge is 2.44. The van der Waals surface area contributed by atoms with Crippen LogP contribution in [0.2, 0.25) is 0 Å². The van der Waals surface area contributed by atoms with Crippen molar-refractivity contribution in [2.75, 3.05) is 26.8 Å². The van der Waals surface area contributed by atoms with Gasteiger partial charge in [0.2, 0.25) is 11.8 Å². The molecule has 0 aromatic heterocycles. The van der Waals surface area contributed by atoms with E-state index in [0.29, 0.717) is 43.0 Å². The number of nitrogens with one attached hydrogen (secondary N) is 1. The van der Waals surface area contributed by atoms with E-state index < -0.39 is 11.6 Å². The fourth-order valence-electron chi connectivity index (χ4n) is 4.65. The Kier molecular flexibility index (Phi) is 6.18. The van der Waals surface area contributed by atoms with Gasteiger partial charge in [-0.15, -0.1) is 0 Å². The number of rotatable bonds is 5. The molecule has 3 atom stereocenters. The molecule has 3 aliphatic heterocycles. The monoisotopic (exact) mass is 430 g/mol. The summed E-state index contributed by atoms with van der Waals surface area (Å²) in [6.07, 6.45) is 3.40. The van der Waals surface area contributed by atoms with E-state index in [1.54, 1.807) is 37.1 Å². The van der Waals surface area contributed by atoms with Crippen LogP contribution in [-0.2, 0) is 14.3 Å². The van der Waals surface area contributed by atoms with Crippen molar-refractivity contribution in [2.24, 2.45) is 0 Å². The molecule has 3 aliphatic rings. The second-order valence-corrected chi connectivity index (χ2v) is 8.64. The normalized spacial score (nSPS) is 26.8. The van der Waals surface area contributed by atoms with Crippen LogP contribution >= 0.6 is 0 Å². The number of ketones is 1. The van der Waals surface area contributed by atoms with Gasteiger partial charge in [-0.25, -0.2) is 0 Å². The first-order chi connectivity index (χ1) is 14.9. The molecule has 8 heteroatoms. The molecule has 31 heavy (non-hydrogen) atoms. The molecular weight excluding hydrogens is 400 g/mol. The lowest BCUT2D eigenvalue weighted by atomic mass is 9.84. The first-order valence-corrected chi connectivity index (χ1v) is 11.0. The number of Topliss-reactive ketones (excluding diaryl/α,β-unsaturated/α-hetero) is 1. The van der Waals surface area contributed by atoms with E-state index in [2.05, 4.69) is 5.32 Å². The van der Waals surface area contributed by atoms with Crippen molar-refractivity contribution in [1.29, 1.82) is 0 Å². The molecule has 2 saturated heterocycles. The van der Waals surface area contributed by atoms with Crippen molar-refractivity contribution in [3.05, 3.63) is 23.8 Å². The molecule has 0 bridgehead atoms. The molecule has 1 N–H and O–H groups in total. The van der Waals surface area contributed by atoms with Crippen LogP contribution in [0.5, 0.6) is 11.5 Å². The predicted octanol–water partition coefficient (Wildman–Crippen LogP) is 2.10. The zero-order valence-corrected chi connectivity index (χ0v) is 18.1. The van der Waals surface area contributed by atoms with E-state index in [1.165, 1.54) is 0 Å². The maximum atomic E-state index is 12.8. The highest BCUT2D eigenvalue weighted by Crippen LogP contribution is 2.41. The van der Waals surface area contributed by atoms with Crippen molar-refractivity contribution in [1.82, 2.24) is 10.2 Å². The Bertz CT molecular complexity index is 866. The van der Waals surface area contributed by atoms with E-state index >= 15 is 0 Å². The third-order valence-electron chi connectivity index (χ3n) is 6.60. The van der Waals surface area contributed by atoms with Crippen molar-refractivity contribution in [2.45, 2.75) is 63.2 Å². The number of methoxy groups -OCH3 is 1. The number of ether oxygens (including phenoxy) is 3. The fourth-order valence-corrected chi connectivity index (χ4v) is 4.65. The molecule has 0 saturated carbocycles. The number of carbonyl (C=O) groups is 3. The van der Waals surface area contributed by atoms with Crippen LogP contribution in [-0.4, -0.2) is 67.1 Å². The summed E-state index contributed by atoms with van der Waals surface area (Å²) in [5.74, 6) is 0.845. The SMILES string of the molecule is COc1ccc2c(c1)OC1(CCC(=O)N(C(C)C(=O)NCC3CCCO3)CC1)CC2=O. The molecular formula is C23H30N2O6. The summed E-state index contributed by atoms with van der Waals surface area (Å²) in [6, 6.07) is 4.60. The maximum absolute atomic E-state index is 12.8. The van der Waals surface area contributed by atoms with Gasteiger partial charge in [0.25, 0.3) is 0 Å². The first kappa shape index (κ1) is 21.6. The molecule has 1 spiro atoms. The molecule has 3 unspecified atom stereocenters. The molecule has 1 aromatic rings. The van der Waals surface area contributed by atoms with Crippen LogP contribution in [0.15, 0.2) is 18.2 Å². The van der Waals surface area contributed by atoms with Gasteiger partial charge in [-0.05, 0) is 38.3 Å². The van der Waals surface area contributed by atoms with E-state index in [4.69, 9.17) is 14.2 Å². The van der Waals surface area contributed by atoms with Crippen molar-refractivity contribution in [3.63, 3.8) is 0 Å². The minimum absolute atomic E-state index is 0.00663. The second-order valence-electron chi connectivity index (χ2n) is 8.64. The van der Waals surface area contributed by atoms with Crippen molar-refractivity contribution < 1.29 is 28.6 Å². The van der Waals surface area contributed by atoms with Gasteiger partial charge in [0, 0.05) is 38.6 Å². The van der Waals surface area contributed by atoms with Gasteiger partial charge >= 0.3 is 0 Å². The molecule has 3 heterocycles. The van der Waals surface area contributed by atoms with Gasteiger partial charge in [-0.2, -0.15) is 0 Å². The molecule has 4 rings (SSSR count). The Morgan fingerprint density at radius 1 is 1.35 bits per heavy atom. The van der Waals surface area contributed by atoms with Gasteiger partial charge in [-0.3, -0.25) is 14.4 Å². The number of amides is 2. The van der Waals surface area contributed by atoms with Crippen LogP contribution in [0, 0.1) is 0 Å². The number of benzene rings is 1. The van der Waals surface area contributed by atoms with Crippen molar-refractivity contribution in [3.8, 4) is 11.5 Å². The third kappa shape index (κ3) is 4.54.